The average Bonchev–Trinajstić information content (AvgIpc) is 2.96. The molecule has 2 aromatic rings. The van der Waals surface area contributed by atoms with Crippen LogP contribution in [0.2, 0.25) is 0 Å². The maximum atomic E-state index is 12.8. The molecule has 0 radical (unpaired) electrons. The van der Waals surface area contributed by atoms with Crippen LogP contribution < -0.4 is 0 Å². The summed E-state index contributed by atoms with van der Waals surface area (Å²) >= 11 is 0. The van der Waals surface area contributed by atoms with Gasteiger partial charge < -0.3 is 14.6 Å². The predicted octanol–water partition coefficient (Wildman–Crippen LogP) is 2.56. The Bertz CT molecular complexity index is 788. The molecule has 1 aliphatic heterocycles. The van der Waals surface area contributed by atoms with Crippen molar-refractivity contribution in [3.8, 4) is 5.75 Å². The first-order valence-electron chi connectivity index (χ1n) is 7.79. The number of hydrogen-bond donors (Lipinski definition) is 1. The normalized spacial score (nSPS) is 18.4. The highest BCUT2D eigenvalue weighted by molar-refractivity contribution is 5.94. The molecule has 1 amide bonds. The van der Waals surface area contributed by atoms with Crippen LogP contribution in [-0.4, -0.2) is 43.5 Å². The van der Waals surface area contributed by atoms with Gasteiger partial charge in [0.25, 0.3) is 5.91 Å². The molecule has 0 saturated carbocycles. The van der Waals surface area contributed by atoms with Crippen LogP contribution in [0.4, 0.5) is 13.2 Å². The van der Waals surface area contributed by atoms with E-state index in [1.54, 1.807) is 4.90 Å². The van der Waals surface area contributed by atoms with Gasteiger partial charge in [0.1, 0.15) is 11.6 Å². The Morgan fingerprint density at radius 1 is 1.36 bits per heavy atom. The maximum Gasteiger partial charge on any atom is 0.434 e. The molecule has 25 heavy (non-hydrogen) atoms. The van der Waals surface area contributed by atoms with Gasteiger partial charge in [-0.25, -0.2) is 4.98 Å². The van der Waals surface area contributed by atoms with Gasteiger partial charge in [-0.3, -0.25) is 9.78 Å². The molecule has 0 unspecified atom stereocenters. The third-order valence-electron chi connectivity index (χ3n) is 4.25. The Hall–Kier alpha value is -2.58. The number of piperidine rings is 1. The van der Waals surface area contributed by atoms with Gasteiger partial charge in [-0.05, 0) is 18.9 Å². The van der Waals surface area contributed by atoms with E-state index in [2.05, 4.69) is 9.97 Å². The van der Waals surface area contributed by atoms with E-state index in [1.165, 1.54) is 30.1 Å². The zero-order valence-electron chi connectivity index (χ0n) is 13.5. The topological polar surface area (TPSA) is 71.2 Å². The zero-order valence-corrected chi connectivity index (χ0v) is 13.5. The third kappa shape index (κ3) is 3.59. The van der Waals surface area contributed by atoms with Crippen molar-refractivity contribution in [3.05, 3.63) is 41.7 Å². The molecule has 1 aliphatic rings. The van der Waals surface area contributed by atoms with Crippen LogP contribution in [0.3, 0.4) is 0 Å². The molecule has 1 atom stereocenters. The fourth-order valence-corrected chi connectivity index (χ4v) is 3.10. The molecule has 0 spiro atoms. The number of alkyl halides is 3. The van der Waals surface area contributed by atoms with Crippen LogP contribution in [0.5, 0.6) is 5.75 Å². The highest BCUT2D eigenvalue weighted by Gasteiger charge is 2.36. The Kier molecular flexibility index (Phi) is 4.40. The van der Waals surface area contributed by atoms with Crippen LogP contribution in [0.25, 0.3) is 0 Å². The smallest absolute Gasteiger partial charge is 0.434 e. The van der Waals surface area contributed by atoms with Crippen LogP contribution in [0, 0.1) is 0 Å². The van der Waals surface area contributed by atoms with E-state index in [-0.39, 0.29) is 29.7 Å². The molecule has 0 aromatic carbocycles. The summed E-state index contributed by atoms with van der Waals surface area (Å²) in [4.78, 5) is 21.6. The summed E-state index contributed by atoms with van der Waals surface area (Å²) in [5.74, 6) is -0.375. The lowest BCUT2D eigenvalue weighted by atomic mass is 9.96. The lowest BCUT2D eigenvalue weighted by molar-refractivity contribution is -0.141. The minimum Gasteiger partial charge on any atom is -0.506 e. The number of hydrogen-bond acceptors (Lipinski definition) is 4. The number of likely N-dealkylation sites (tertiary alicyclic amines) is 1. The number of carbonyl (C=O) groups is 1. The largest absolute Gasteiger partial charge is 0.506 e. The standard InChI is InChI=1S/C16H17F3N4O2/c1-22-9-13(16(17,18)19)21-14(22)10-3-2-4-23(8-10)15(25)11-5-12(24)7-20-6-11/h5-7,9-10,24H,2-4,8H2,1H3/t10-/m0/s1. The lowest BCUT2D eigenvalue weighted by Crippen LogP contribution is -2.39. The third-order valence-corrected chi connectivity index (χ3v) is 4.25. The number of aromatic nitrogens is 3. The number of imidazole rings is 1. The Balaban J connectivity index is 1.80. The summed E-state index contributed by atoms with van der Waals surface area (Å²) in [6.07, 6.45) is 0.375. The molecule has 3 heterocycles. The number of halogens is 3. The number of carbonyl (C=O) groups excluding carboxylic acids is 1. The molecule has 9 heteroatoms. The quantitative estimate of drug-likeness (QED) is 0.900. The molecule has 0 aliphatic carbocycles. The predicted molar refractivity (Wildman–Crippen MR) is 82.0 cm³/mol. The van der Waals surface area contributed by atoms with E-state index in [1.807, 2.05) is 0 Å². The van der Waals surface area contributed by atoms with E-state index in [4.69, 9.17) is 0 Å². The maximum absolute atomic E-state index is 12.8. The average molecular weight is 354 g/mol. The molecule has 3 rings (SSSR count). The SMILES string of the molecule is Cn1cc(C(F)(F)F)nc1[C@H]1CCCN(C(=O)c2cncc(O)c2)C1. The molecule has 1 saturated heterocycles. The van der Waals surface area contributed by atoms with E-state index < -0.39 is 11.9 Å². The lowest BCUT2D eigenvalue weighted by Gasteiger charge is -2.32. The number of nitrogens with zero attached hydrogens (tertiary/aromatic N) is 4. The molecule has 1 N–H and O–H groups in total. The molecule has 6 nitrogen and oxygen atoms in total. The van der Waals surface area contributed by atoms with Crippen LogP contribution in [0.1, 0.15) is 40.6 Å². The van der Waals surface area contributed by atoms with Gasteiger partial charge in [0.05, 0.1) is 11.8 Å². The minimum atomic E-state index is -4.49. The van der Waals surface area contributed by atoms with Gasteiger partial charge in [0.15, 0.2) is 5.69 Å². The molecular formula is C16H17F3N4O2. The summed E-state index contributed by atoms with van der Waals surface area (Å²) in [5, 5.41) is 9.45. The van der Waals surface area contributed by atoms with E-state index in [9.17, 15) is 23.1 Å². The van der Waals surface area contributed by atoms with E-state index >= 15 is 0 Å². The number of pyridine rings is 1. The fraction of sp³-hybridized carbons (Fsp3) is 0.438. The van der Waals surface area contributed by atoms with Crippen LogP contribution in [0.15, 0.2) is 24.7 Å². The first-order chi connectivity index (χ1) is 11.8. The number of amides is 1. The van der Waals surface area contributed by atoms with Gasteiger partial charge in [-0.1, -0.05) is 0 Å². The Morgan fingerprint density at radius 3 is 2.76 bits per heavy atom. The summed E-state index contributed by atoms with van der Waals surface area (Å²) in [6, 6.07) is 1.32. The Labute approximate surface area is 141 Å². The van der Waals surface area contributed by atoms with Gasteiger partial charge in [-0.2, -0.15) is 13.2 Å². The van der Waals surface area contributed by atoms with Crippen molar-refractivity contribution < 1.29 is 23.1 Å². The number of aromatic hydroxyl groups is 1. The van der Waals surface area contributed by atoms with Crippen molar-refractivity contribution in [2.45, 2.75) is 24.9 Å². The van der Waals surface area contributed by atoms with Gasteiger partial charge in [0, 0.05) is 38.4 Å². The van der Waals surface area contributed by atoms with Crippen LogP contribution in [-0.2, 0) is 13.2 Å². The minimum absolute atomic E-state index is 0.113. The summed E-state index contributed by atoms with van der Waals surface area (Å²) in [5.41, 5.74) is -0.679. The second kappa shape index (κ2) is 6.38. The van der Waals surface area contributed by atoms with Gasteiger partial charge in [-0.15, -0.1) is 0 Å². The van der Waals surface area contributed by atoms with Crippen molar-refractivity contribution in [1.82, 2.24) is 19.4 Å². The summed E-state index contributed by atoms with van der Waals surface area (Å²) in [7, 11) is 1.53. The van der Waals surface area contributed by atoms with E-state index in [0.29, 0.717) is 25.2 Å². The van der Waals surface area contributed by atoms with Crippen molar-refractivity contribution in [1.29, 1.82) is 0 Å². The van der Waals surface area contributed by atoms with E-state index in [0.717, 1.165) is 6.20 Å². The monoisotopic (exact) mass is 354 g/mol. The number of aryl methyl sites for hydroxylation is 1. The van der Waals surface area contributed by atoms with Crippen molar-refractivity contribution in [3.63, 3.8) is 0 Å². The second-order valence-electron chi connectivity index (χ2n) is 6.12. The fourth-order valence-electron chi connectivity index (χ4n) is 3.10. The highest BCUT2D eigenvalue weighted by atomic mass is 19.4. The first kappa shape index (κ1) is 17.2. The van der Waals surface area contributed by atoms with Gasteiger partial charge in [0.2, 0.25) is 0 Å². The summed E-state index contributed by atoms with van der Waals surface area (Å²) < 4.78 is 39.9. The second-order valence-corrected chi connectivity index (χ2v) is 6.12. The summed E-state index contributed by atoms with van der Waals surface area (Å²) in [6.45, 7) is 0.776. The molecule has 0 bridgehead atoms. The first-order valence-corrected chi connectivity index (χ1v) is 7.79. The Morgan fingerprint density at radius 2 is 2.12 bits per heavy atom. The molecular weight excluding hydrogens is 337 g/mol. The highest BCUT2D eigenvalue weighted by Crippen LogP contribution is 2.32. The van der Waals surface area contributed by atoms with Crippen molar-refractivity contribution in [2.24, 2.45) is 7.05 Å². The molecule has 1 fully saturated rings. The van der Waals surface area contributed by atoms with Crippen molar-refractivity contribution in [2.75, 3.05) is 13.1 Å². The van der Waals surface area contributed by atoms with Crippen LogP contribution >= 0.6 is 0 Å². The van der Waals surface area contributed by atoms with Gasteiger partial charge >= 0.3 is 6.18 Å². The van der Waals surface area contributed by atoms with Crippen molar-refractivity contribution >= 4 is 5.91 Å². The molecule has 2 aromatic heterocycles. The molecule has 134 valence electrons. The zero-order chi connectivity index (χ0) is 18.2. The number of rotatable bonds is 2.